The summed E-state index contributed by atoms with van der Waals surface area (Å²) in [5, 5.41) is 0. The summed E-state index contributed by atoms with van der Waals surface area (Å²) in [7, 11) is -0.975. The minimum atomic E-state index is -3.71. The van der Waals surface area contributed by atoms with Crippen LogP contribution in [0.25, 0.3) is 0 Å². The van der Waals surface area contributed by atoms with Gasteiger partial charge < -0.3 is 9.47 Å². The van der Waals surface area contributed by atoms with Crippen molar-refractivity contribution in [3.8, 4) is 0 Å². The zero-order valence-corrected chi connectivity index (χ0v) is 12.8. The van der Waals surface area contributed by atoms with E-state index in [1.54, 1.807) is 19.9 Å². The van der Waals surface area contributed by atoms with Gasteiger partial charge in [0.15, 0.2) is 0 Å². The van der Waals surface area contributed by atoms with Crippen molar-refractivity contribution in [1.29, 1.82) is 0 Å². The van der Waals surface area contributed by atoms with Gasteiger partial charge in [-0.05, 0) is 31.5 Å². The first-order chi connectivity index (χ1) is 9.31. The Morgan fingerprint density at radius 3 is 2.55 bits per heavy atom. The van der Waals surface area contributed by atoms with Gasteiger partial charge in [-0.2, -0.15) is 0 Å². The number of ether oxygens (including phenoxy) is 2. The maximum absolute atomic E-state index is 12.3. The number of aryl methyl sites for hydroxylation is 1. The zero-order chi connectivity index (χ0) is 15.3. The molecule has 6 nitrogen and oxygen atoms in total. The highest BCUT2D eigenvalue weighted by molar-refractivity contribution is 7.89. The standard InChI is InChI=1S/C13H19NO5S/c1-9-5-6-11(13(15)19-4)7-12(9)20(16,17)14-10(2)8-18-3/h5-7,10,14H,8H2,1-4H3. The van der Waals surface area contributed by atoms with Crippen molar-refractivity contribution in [1.82, 2.24) is 4.72 Å². The molecular weight excluding hydrogens is 282 g/mol. The van der Waals surface area contributed by atoms with Crippen molar-refractivity contribution in [2.75, 3.05) is 20.8 Å². The molecule has 1 aromatic rings. The summed E-state index contributed by atoms with van der Waals surface area (Å²) in [5.74, 6) is -0.577. The number of nitrogens with one attached hydrogen (secondary N) is 1. The predicted octanol–water partition coefficient (Wildman–Crippen LogP) is 1.09. The number of rotatable bonds is 6. The first-order valence-electron chi connectivity index (χ1n) is 6.02. The Bertz CT molecular complexity index is 582. The lowest BCUT2D eigenvalue weighted by Gasteiger charge is -2.15. The van der Waals surface area contributed by atoms with Crippen molar-refractivity contribution in [3.05, 3.63) is 29.3 Å². The molecule has 0 radical (unpaired) electrons. The molecule has 0 saturated carbocycles. The van der Waals surface area contributed by atoms with Gasteiger partial charge in [0.1, 0.15) is 0 Å². The SMILES string of the molecule is COCC(C)NS(=O)(=O)c1cc(C(=O)OC)ccc1C. The third-order valence-corrected chi connectivity index (χ3v) is 4.40. The van der Waals surface area contributed by atoms with E-state index in [2.05, 4.69) is 9.46 Å². The van der Waals surface area contributed by atoms with Gasteiger partial charge in [-0.15, -0.1) is 0 Å². The van der Waals surface area contributed by atoms with E-state index in [1.807, 2.05) is 0 Å². The second-order valence-corrected chi connectivity index (χ2v) is 6.13. The third-order valence-electron chi connectivity index (χ3n) is 2.67. The molecule has 0 spiro atoms. The molecule has 0 aliphatic rings. The van der Waals surface area contributed by atoms with Crippen LogP contribution in [0.5, 0.6) is 0 Å². The van der Waals surface area contributed by atoms with E-state index in [1.165, 1.54) is 26.4 Å². The fourth-order valence-corrected chi connectivity index (χ4v) is 3.25. The molecule has 1 unspecified atom stereocenters. The third kappa shape index (κ3) is 4.03. The molecule has 112 valence electrons. The van der Waals surface area contributed by atoms with E-state index < -0.39 is 16.0 Å². The maximum Gasteiger partial charge on any atom is 0.337 e. The fourth-order valence-electron chi connectivity index (χ4n) is 1.75. The summed E-state index contributed by atoms with van der Waals surface area (Å²) in [6.07, 6.45) is 0. The molecule has 20 heavy (non-hydrogen) atoms. The van der Waals surface area contributed by atoms with Crippen molar-refractivity contribution in [3.63, 3.8) is 0 Å². The van der Waals surface area contributed by atoms with Crippen LogP contribution in [0.4, 0.5) is 0 Å². The molecule has 0 aliphatic carbocycles. The quantitative estimate of drug-likeness (QED) is 0.796. The Kier molecular flexibility index (Phi) is 5.67. The summed E-state index contributed by atoms with van der Waals surface area (Å²) in [6, 6.07) is 4.04. The lowest BCUT2D eigenvalue weighted by Crippen LogP contribution is -2.36. The lowest BCUT2D eigenvalue weighted by atomic mass is 10.1. The number of sulfonamides is 1. The highest BCUT2D eigenvalue weighted by atomic mass is 32.2. The van der Waals surface area contributed by atoms with Gasteiger partial charge in [0, 0.05) is 13.2 Å². The van der Waals surface area contributed by atoms with E-state index in [0.29, 0.717) is 5.56 Å². The van der Waals surface area contributed by atoms with Crippen LogP contribution in [0.2, 0.25) is 0 Å². The summed E-state index contributed by atoms with van der Waals surface area (Å²) in [6.45, 7) is 3.62. The number of esters is 1. The molecule has 0 saturated heterocycles. The molecule has 1 N–H and O–H groups in total. The Morgan fingerprint density at radius 2 is 2.00 bits per heavy atom. The summed E-state index contributed by atoms with van der Waals surface area (Å²) >= 11 is 0. The van der Waals surface area contributed by atoms with E-state index in [0.717, 1.165) is 0 Å². The molecule has 7 heteroatoms. The first-order valence-corrected chi connectivity index (χ1v) is 7.50. The average Bonchev–Trinajstić information content (AvgIpc) is 2.37. The van der Waals surface area contributed by atoms with Crippen molar-refractivity contribution in [2.24, 2.45) is 0 Å². The molecule has 0 amide bonds. The zero-order valence-electron chi connectivity index (χ0n) is 12.0. The lowest BCUT2D eigenvalue weighted by molar-refractivity contribution is 0.0600. The van der Waals surface area contributed by atoms with Gasteiger partial charge in [-0.3, -0.25) is 0 Å². The number of carbonyl (C=O) groups excluding carboxylic acids is 1. The summed E-state index contributed by atoms with van der Waals surface area (Å²) < 4.78 is 36.5. The smallest absolute Gasteiger partial charge is 0.337 e. The number of methoxy groups -OCH3 is 2. The van der Waals surface area contributed by atoms with E-state index in [9.17, 15) is 13.2 Å². The molecule has 0 aliphatic heterocycles. The number of hydrogen-bond acceptors (Lipinski definition) is 5. The second-order valence-electron chi connectivity index (χ2n) is 4.45. The Hall–Kier alpha value is -1.44. The first kappa shape index (κ1) is 16.6. The minimum absolute atomic E-state index is 0.0587. The van der Waals surface area contributed by atoms with Gasteiger partial charge >= 0.3 is 5.97 Å². The number of hydrogen-bond donors (Lipinski definition) is 1. The normalized spacial score (nSPS) is 13.0. The van der Waals surface area contributed by atoms with Crippen LogP contribution in [0, 0.1) is 6.92 Å². The van der Waals surface area contributed by atoms with Crippen LogP contribution in [0.1, 0.15) is 22.8 Å². The van der Waals surface area contributed by atoms with Crippen molar-refractivity contribution in [2.45, 2.75) is 24.8 Å². The topological polar surface area (TPSA) is 81.7 Å². The Morgan fingerprint density at radius 1 is 1.35 bits per heavy atom. The molecule has 0 bridgehead atoms. The van der Waals surface area contributed by atoms with E-state index >= 15 is 0 Å². The van der Waals surface area contributed by atoms with Crippen molar-refractivity contribution >= 4 is 16.0 Å². The molecule has 0 fully saturated rings. The highest BCUT2D eigenvalue weighted by Gasteiger charge is 2.21. The van der Waals surface area contributed by atoms with Gasteiger partial charge in [0.25, 0.3) is 0 Å². The Labute approximate surface area is 119 Å². The number of benzene rings is 1. The maximum atomic E-state index is 12.3. The average molecular weight is 301 g/mol. The minimum Gasteiger partial charge on any atom is -0.465 e. The molecule has 1 aromatic carbocycles. The van der Waals surface area contributed by atoms with Crippen LogP contribution in [0.15, 0.2) is 23.1 Å². The highest BCUT2D eigenvalue weighted by Crippen LogP contribution is 2.18. The predicted molar refractivity (Wildman–Crippen MR) is 74.2 cm³/mol. The summed E-state index contributed by atoms with van der Waals surface area (Å²) in [5.41, 5.74) is 0.743. The molecule has 0 aromatic heterocycles. The van der Waals surface area contributed by atoms with Crippen LogP contribution in [-0.2, 0) is 19.5 Å². The van der Waals surface area contributed by atoms with E-state index in [-0.39, 0.29) is 23.1 Å². The second kappa shape index (κ2) is 6.83. The Balaban J connectivity index is 3.14. The van der Waals surface area contributed by atoms with Gasteiger partial charge in [-0.25, -0.2) is 17.9 Å². The fraction of sp³-hybridized carbons (Fsp3) is 0.462. The molecular formula is C13H19NO5S. The van der Waals surface area contributed by atoms with Gasteiger partial charge in [0.2, 0.25) is 10.0 Å². The van der Waals surface area contributed by atoms with Gasteiger partial charge in [0.05, 0.1) is 24.2 Å². The van der Waals surface area contributed by atoms with Crippen LogP contribution in [0.3, 0.4) is 0 Å². The van der Waals surface area contributed by atoms with Crippen LogP contribution < -0.4 is 4.72 Å². The van der Waals surface area contributed by atoms with Crippen LogP contribution >= 0.6 is 0 Å². The molecule has 1 atom stereocenters. The largest absolute Gasteiger partial charge is 0.465 e. The van der Waals surface area contributed by atoms with Crippen molar-refractivity contribution < 1.29 is 22.7 Å². The monoisotopic (exact) mass is 301 g/mol. The molecule has 1 rings (SSSR count). The molecule has 0 heterocycles. The van der Waals surface area contributed by atoms with Crippen LogP contribution in [-0.4, -0.2) is 41.3 Å². The van der Waals surface area contributed by atoms with E-state index in [4.69, 9.17) is 4.74 Å². The van der Waals surface area contributed by atoms with Gasteiger partial charge in [-0.1, -0.05) is 6.07 Å². The number of carbonyl (C=O) groups is 1. The summed E-state index contributed by atoms with van der Waals surface area (Å²) in [4.78, 5) is 11.5.